The number of aromatic nitrogens is 2. The molecule has 1 fully saturated rings. The molecule has 31 heavy (non-hydrogen) atoms. The third-order valence-electron chi connectivity index (χ3n) is 5.97. The van der Waals surface area contributed by atoms with Gasteiger partial charge in [-0.3, -0.25) is 9.59 Å². The summed E-state index contributed by atoms with van der Waals surface area (Å²) in [5.74, 6) is 0.654. The van der Waals surface area contributed by atoms with Crippen molar-refractivity contribution in [2.45, 2.75) is 32.1 Å². The highest BCUT2D eigenvalue weighted by atomic mass is 16.1. The Morgan fingerprint density at radius 1 is 1.10 bits per heavy atom. The van der Waals surface area contributed by atoms with Gasteiger partial charge in [0.2, 0.25) is 5.91 Å². The maximum Gasteiger partial charge on any atom is 0.267 e. The van der Waals surface area contributed by atoms with Gasteiger partial charge < -0.3 is 10.2 Å². The lowest BCUT2D eigenvalue weighted by molar-refractivity contribution is -0.116. The molecule has 2 heterocycles. The van der Waals surface area contributed by atoms with Crippen molar-refractivity contribution < 1.29 is 4.79 Å². The van der Waals surface area contributed by atoms with Crippen LogP contribution in [0.4, 0.5) is 5.69 Å². The number of nitrogens with one attached hydrogen (secondary N) is 2. The predicted octanol–water partition coefficient (Wildman–Crippen LogP) is 3.95. The minimum atomic E-state index is -0.183. The summed E-state index contributed by atoms with van der Waals surface area (Å²) in [5.41, 5.74) is 4.22. The van der Waals surface area contributed by atoms with Gasteiger partial charge in [-0.15, -0.1) is 0 Å². The smallest absolute Gasteiger partial charge is 0.267 e. The van der Waals surface area contributed by atoms with Gasteiger partial charge in [0.25, 0.3) is 5.56 Å². The van der Waals surface area contributed by atoms with Crippen molar-refractivity contribution in [3.63, 3.8) is 0 Å². The van der Waals surface area contributed by atoms with Crippen LogP contribution in [0.15, 0.2) is 65.5 Å². The molecule has 0 unspecified atom stereocenters. The topological polar surface area (TPSA) is 78.1 Å². The van der Waals surface area contributed by atoms with Crippen LogP contribution in [0.1, 0.15) is 36.3 Å². The molecule has 0 aliphatic carbocycles. The molecule has 2 aromatic carbocycles. The van der Waals surface area contributed by atoms with Crippen LogP contribution >= 0.6 is 0 Å². The predicted molar refractivity (Wildman–Crippen MR) is 123 cm³/mol. The van der Waals surface area contributed by atoms with Gasteiger partial charge in [0, 0.05) is 29.8 Å². The molecule has 1 amide bonds. The van der Waals surface area contributed by atoms with E-state index in [1.807, 2.05) is 24.3 Å². The van der Waals surface area contributed by atoms with Crippen molar-refractivity contribution in [1.82, 2.24) is 15.1 Å². The highest BCUT2D eigenvalue weighted by molar-refractivity contribution is 5.91. The fourth-order valence-electron chi connectivity index (χ4n) is 4.07. The average Bonchev–Trinajstić information content (AvgIpc) is 2.81. The lowest BCUT2D eigenvalue weighted by atomic mass is 9.89. The molecule has 6 heteroatoms. The number of anilines is 1. The number of hydrogen-bond acceptors (Lipinski definition) is 4. The molecule has 2 N–H and O–H groups in total. The third kappa shape index (κ3) is 5.47. The summed E-state index contributed by atoms with van der Waals surface area (Å²) in [4.78, 5) is 26.2. The first kappa shape index (κ1) is 21.0. The molecule has 1 aliphatic heterocycles. The van der Waals surface area contributed by atoms with E-state index in [9.17, 15) is 9.59 Å². The molecule has 1 aromatic heterocycles. The van der Waals surface area contributed by atoms with E-state index in [0.717, 1.165) is 43.7 Å². The maximum absolute atomic E-state index is 12.4. The highest BCUT2D eigenvalue weighted by Crippen LogP contribution is 2.27. The minimum absolute atomic E-state index is 0.0240. The number of aromatic amines is 1. The SMILES string of the molecule is Cc1cc(-c2ccc(NC(=O)CCN3CCC(c4ccccc4)CC3)cc2)n[nH]c1=O. The van der Waals surface area contributed by atoms with E-state index in [0.29, 0.717) is 23.6 Å². The third-order valence-corrected chi connectivity index (χ3v) is 5.97. The molecule has 0 bridgehead atoms. The molecule has 0 spiro atoms. The summed E-state index contributed by atoms with van der Waals surface area (Å²) in [6.45, 7) is 4.61. The number of H-pyrrole nitrogens is 1. The Labute approximate surface area is 182 Å². The van der Waals surface area contributed by atoms with Crippen molar-refractivity contribution in [3.05, 3.63) is 82.1 Å². The Morgan fingerprint density at radius 3 is 2.48 bits per heavy atom. The minimum Gasteiger partial charge on any atom is -0.326 e. The van der Waals surface area contributed by atoms with Crippen molar-refractivity contribution in [1.29, 1.82) is 0 Å². The van der Waals surface area contributed by atoms with E-state index >= 15 is 0 Å². The van der Waals surface area contributed by atoms with Crippen molar-refractivity contribution >= 4 is 11.6 Å². The molecule has 0 radical (unpaired) electrons. The quantitative estimate of drug-likeness (QED) is 0.638. The summed E-state index contributed by atoms with van der Waals surface area (Å²) >= 11 is 0. The summed E-state index contributed by atoms with van der Waals surface area (Å²) < 4.78 is 0. The van der Waals surface area contributed by atoms with Gasteiger partial charge in [-0.1, -0.05) is 42.5 Å². The highest BCUT2D eigenvalue weighted by Gasteiger charge is 2.20. The van der Waals surface area contributed by atoms with Crippen LogP contribution in [0.3, 0.4) is 0 Å². The van der Waals surface area contributed by atoms with Gasteiger partial charge in [0.05, 0.1) is 5.69 Å². The number of aryl methyl sites for hydroxylation is 1. The Bertz CT molecular complexity index is 1070. The first-order valence-electron chi connectivity index (χ1n) is 10.8. The van der Waals surface area contributed by atoms with Crippen molar-refractivity contribution in [3.8, 4) is 11.3 Å². The zero-order valence-corrected chi connectivity index (χ0v) is 17.8. The van der Waals surface area contributed by atoms with Crippen molar-refractivity contribution in [2.75, 3.05) is 25.0 Å². The molecular formula is C25H28N4O2. The maximum atomic E-state index is 12.4. The Kier molecular flexibility index (Phi) is 6.57. The fraction of sp³-hybridized carbons (Fsp3) is 0.320. The van der Waals surface area contributed by atoms with E-state index in [1.165, 1.54) is 5.56 Å². The van der Waals surface area contributed by atoms with E-state index in [-0.39, 0.29) is 11.5 Å². The van der Waals surface area contributed by atoms with Gasteiger partial charge in [0.1, 0.15) is 0 Å². The average molecular weight is 417 g/mol. The van der Waals surface area contributed by atoms with Gasteiger partial charge in [-0.05, 0) is 62.5 Å². The summed E-state index contributed by atoms with van der Waals surface area (Å²) in [6.07, 6.45) is 2.77. The number of amides is 1. The second-order valence-corrected chi connectivity index (χ2v) is 8.17. The Morgan fingerprint density at radius 2 is 1.81 bits per heavy atom. The lowest BCUT2D eigenvalue weighted by Gasteiger charge is -2.32. The molecular weight excluding hydrogens is 388 g/mol. The summed E-state index contributed by atoms with van der Waals surface area (Å²) in [6, 6.07) is 20.0. The number of rotatable bonds is 6. The monoisotopic (exact) mass is 416 g/mol. The van der Waals surface area contributed by atoms with Crippen LogP contribution < -0.4 is 10.9 Å². The van der Waals surface area contributed by atoms with Crippen molar-refractivity contribution in [2.24, 2.45) is 0 Å². The standard InChI is InChI=1S/C25H28N4O2/c1-18-17-23(27-28-25(18)31)21-7-9-22(10-8-21)26-24(30)13-16-29-14-11-20(12-15-29)19-5-3-2-4-6-19/h2-10,17,20H,11-16H2,1H3,(H,26,30)(H,28,31). The van der Waals surface area contributed by atoms with Gasteiger partial charge in [-0.25, -0.2) is 5.10 Å². The normalized spacial score (nSPS) is 15.0. The molecule has 6 nitrogen and oxygen atoms in total. The van der Waals surface area contributed by atoms with Crippen LogP contribution in [-0.4, -0.2) is 40.6 Å². The van der Waals surface area contributed by atoms with Crippen LogP contribution in [0.25, 0.3) is 11.3 Å². The molecule has 160 valence electrons. The fourth-order valence-corrected chi connectivity index (χ4v) is 4.07. The van der Waals surface area contributed by atoms with Gasteiger partial charge in [-0.2, -0.15) is 5.10 Å². The number of hydrogen-bond donors (Lipinski definition) is 2. The number of benzene rings is 2. The van der Waals surface area contributed by atoms with Crippen LogP contribution in [0.2, 0.25) is 0 Å². The van der Waals surface area contributed by atoms with Gasteiger partial charge >= 0.3 is 0 Å². The first-order valence-corrected chi connectivity index (χ1v) is 10.8. The lowest BCUT2D eigenvalue weighted by Crippen LogP contribution is -2.35. The summed E-state index contributed by atoms with van der Waals surface area (Å²) in [5, 5.41) is 9.54. The van der Waals surface area contributed by atoms with E-state index in [2.05, 4.69) is 50.7 Å². The van der Waals surface area contributed by atoms with Crippen LogP contribution in [0, 0.1) is 6.92 Å². The van der Waals surface area contributed by atoms with E-state index < -0.39 is 0 Å². The molecule has 0 atom stereocenters. The molecule has 3 aromatic rings. The zero-order valence-electron chi connectivity index (χ0n) is 17.8. The first-order chi connectivity index (χ1) is 15.1. The van der Waals surface area contributed by atoms with Crippen LogP contribution in [0.5, 0.6) is 0 Å². The van der Waals surface area contributed by atoms with Gasteiger partial charge in [0.15, 0.2) is 0 Å². The largest absolute Gasteiger partial charge is 0.326 e. The number of likely N-dealkylation sites (tertiary alicyclic amines) is 1. The second kappa shape index (κ2) is 9.71. The molecule has 0 saturated carbocycles. The zero-order chi connectivity index (χ0) is 21.6. The number of nitrogens with zero attached hydrogens (tertiary/aromatic N) is 2. The number of carbonyl (C=O) groups is 1. The number of piperidine rings is 1. The summed E-state index contributed by atoms with van der Waals surface area (Å²) in [7, 11) is 0. The molecule has 1 aliphatic rings. The molecule has 1 saturated heterocycles. The van der Waals surface area contributed by atoms with E-state index in [4.69, 9.17) is 0 Å². The Hall–Kier alpha value is -3.25. The number of carbonyl (C=O) groups excluding carboxylic acids is 1. The van der Waals surface area contributed by atoms with E-state index in [1.54, 1.807) is 13.0 Å². The van der Waals surface area contributed by atoms with Crippen LogP contribution in [-0.2, 0) is 4.79 Å². The Balaban J connectivity index is 1.24. The second-order valence-electron chi connectivity index (χ2n) is 8.17. The molecule has 4 rings (SSSR count).